The summed E-state index contributed by atoms with van der Waals surface area (Å²) < 4.78 is 11.8. The number of carbonyl (C=O) groups is 2. The Morgan fingerprint density at radius 3 is 2.41 bits per heavy atom. The van der Waals surface area contributed by atoms with Gasteiger partial charge in [0.05, 0.1) is 12.1 Å². The monoisotopic (exact) mass is 460 g/mol. The highest BCUT2D eigenvalue weighted by Crippen LogP contribution is 2.35. The molecule has 0 bridgehead atoms. The van der Waals surface area contributed by atoms with Gasteiger partial charge in [0.1, 0.15) is 17.1 Å². The van der Waals surface area contributed by atoms with Crippen LogP contribution in [0.3, 0.4) is 0 Å². The van der Waals surface area contributed by atoms with Gasteiger partial charge in [-0.05, 0) is 35.4 Å². The molecule has 2 fully saturated rings. The molecule has 3 heterocycles. The Morgan fingerprint density at radius 1 is 1.03 bits per heavy atom. The molecule has 0 saturated carbocycles. The van der Waals surface area contributed by atoms with E-state index < -0.39 is 5.60 Å². The fourth-order valence-electron chi connectivity index (χ4n) is 4.98. The number of piperidine rings is 1. The van der Waals surface area contributed by atoms with Crippen LogP contribution in [0.25, 0.3) is 10.8 Å². The number of hydrogen-bond donors (Lipinski definition) is 0. The maximum Gasteiger partial charge on any atom is 0.410 e. The lowest BCUT2D eigenvalue weighted by Gasteiger charge is -2.37. The first-order valence-electron chi connectivity index (χ1n) is 12.0. The van der Waals surface area contributed by atoms with E-state index in [-0.39, 0.29) is 17.4 Å². The van der Waals surface area contributed by atoms with Crippen molar-refractivity contribution < 1.29 is 18.7 Å². The fourth-order valence-corrected chi connectivity index (χ4v) is 4.98. The summed E-state index contributed by atoms with van der Waals surface area (Å²) in [7, 11) is 0. The number of likely N-dealkylation sites (tertiary alicyclic amines) is 1. The zero-order valence-electron chi connectivity index (χ0n) is 20.4. The van der Waals surface area contributed by atoms with Crippen LogP contribution < -0.4 is 0 Å². The first kappa shape index (κ1) is 22.5. The van der Waals surface area contributed by atoms with Crippen molar-refractivity contribution >= 4 is 22.8 Å². The molecule has 2 aromatic carbocycles. The summed E-state index contributed by atoms with van der Waals surface area (Å²) >= 11 is 0. The minimum absolute atomic E-state index is 0.0102. The van der Waals surface area contributed by atoms with E-state index in [2.05, 4.69) is 51.1 Å². The van der Waals surface area contributed by atoms with Crippen molar-refractivity contribution in [2.75, 3.05) is 19.6 Å². The lowest BCUT2D eigenvalue weighted by molar-refractivity contribution is 0.00309. The van der Waals surface area contributed by atoms with E-state index >= 15 is 0 Å². The Morgan fingerprint density at radius 2 is 1.74 bits per heavy atom. The zero-order valence-corrected chi connectivity index (χ0v) is 20.4. The number of hydrogen-bond acceptors (Lipinski definition) is 4. The average Bonchev–Trinajstić information content (AvgIpc) is 3.33. The van der Waals surface area contributed by atoms with E-state index in [4.69, 9.17) is 9.15 Å². The first-order chi connectivity index (χ1) is 16.1. The molecular formula is C28H32N2O4. The van der Waals surface area contributed by atoms with Crippen LogP contribution in [-0.2, 0) is 16.7 Å². The van der Waals surface area contributed by atoms with Crippen LogP contribution in [0.2, 0.25) is 0 Å². The maximum absolute atomic E-state index is 13.2. The summed E-state index contributed by atoms with van der Waals surface area (Å²) in [5, 5.41) is 2.35. The van der Waals surface area contributed by atoms with E-state index in [9.17, 15) is 9.59 Å². The molecule has 178 valence electrons. The van der Waals surface area contributed by atoms with Crippen molar-refractivity contribution in [1.29, 1.82) is 0 Å². The van der Waals surface area contributed by atoms with Crippen molar-refractivity contribution in [3.63, 3.8) is 0 Å². The van der Waals surface area contributed by atoms with Gasteiger partial charge >= 0.3 is 6.09 Å². The fraction of sp³-hybridized carbons (Fsp3) is 0.429. The summed E-state index contributed by atoms with van der Waals surface area (Å²) in [5.74, 6) is 1.46. The quantitative estimate of drug-likeness (QED) is 0.506. The van der Waals surface area contributed by atoms with Crippen molar-refractivity contribution in [3.8, 4) is 0 Å². The van der Waals surface area contributed by atoms with E-state index in [0.717, 1.165) is 11.3 Å². The molecule has 1 aromatic heterocycles. The second kappa shape index (κ2) is 8.19. The summed E-state index contributed by atoms with van der Waals surface area (Å²) in [6.07, 6.45) is 1.01. The number of amides is 2. The zero-order chi connectivity index (χ0) is 24.1. The Labute approximate surface area is 200 Å². The van der Waals surface area contributed by atoms with Gasteiger partial charge in [-0.25, -0.2) is 4.79 Å². The van der Waals surface area contributed by atoms with E-state index in [0.29, 0.717) is 50.3 Å². The van der Waals surface area contributed by atoms with Gasteiger partial charge in [0.2, 0.25) is 0 Å². The molecule has 0 radical (unpaired) electrons. The van der Waals surface area contributed by atoms with Crippen molar-refractivity contribution in [2.24, 2.45) is 0 Å². The van der Waals surface area contributed by atoms with Crippen LogP contribution in [0.5, 0.6) is 0 Å². The normalized spacial score (nSPS) is 18.1. The highest BCUT2D eigenvalue weighted by atomic mass is 16.6. The van der Waals surface area contributed by atoms with Gasteiger partial charge in [0, 0.05) is 37.9 Å². The van der Waals surface area contributed by atoms with Gasteiger partial charge in [-0.15, -0.1) is 0 Å². The minimum atomic E-state index is -0.521. The largest absolute Gasteiger partial charge is 0.465 e. The predicted octanol–water partition coefficient (Wildman–Crippen LogP) is 5.67. The van der Waals surface area contributed by atoms with Crippen LogP contribution in [0, 0.1) is 6.92 Å². The summed E-state index contributed by atoms with van der Waals surface area (Å²) in [4.78, 5) is 29.5. The Hall–Kier alpha value is -3.28. The summed E-state index contributed by atoms with van der Waals surface area (Å²) in [5.41, 5.74) is 1.04. The molecule has 1 spiro atoms. The third kappa shape index (κ3) is 4.17. The van der Waals surface area contributed by atoms with Gasteiger partial charge in [-0.3, -0.25) is 9.69 Å². The molecule has 2 aliphatic rings. The van der Waals surface area contributed by atoms with Gasteiger partial charge in [0.25, 0.3) is 5.91 Å². The molecule has 2 amide bonds. The molecular weight excluding hydrogens is 428 g/mol. The Kier molecular flexibility index (Phi) is 5.42. The predicted molar refractivity (Wildman–Crippen MR) is 131 cm³/mol. The van der Waals surface area contributed by atoms with E-state index in [1.165, 1.54) is 10.8 Å². The van der Waals surface area contributed by atoms with Crippen LogP contribution in [0.15, 0.2) is 52.9 Å². The maximum atomic E-state index is 13.2. The molecule has 0 N–H and O–H groups in total. The number of rotatable bonds is 3. The van der Waals surface area contributed by atoms with Crippen LogP contribution in [0.4, 0.5) is 4.79 Å². The molecule has 2 saturated heterocycles. The SMILES string of the molecule is Cc1oc(C(C)(C)C)cc1C(=O)N1CCC2(CC1)CN(Cc1ccc3ccccc3c1)C(=O)O2. The molecule has 2 aliphatic heterocycles. The lowest BCUT2D eigenvalue weighted by atomic mass is 9.90. The molecule has 0 atom stereocenters. The third-order valence-corrected chi connectivity index (χ3v) is 7.08. The topological polar surface area (TPSA) is 63.0 Å². The second-order valence-electron chi connectivity index (χ2n) is 10.7. The highest BCUT2D eigenvalue weighted by molar-refractivity contribution is 5.95. The highest BCUT2D eigenvalue weighted by Gasteiger charge is 2.47. The van der Waals surface area contributed by atoms with Gasteiger partial charge in [-0.2, -0.15) is 0 Å². The van der Waals surface area contributed by atoms with Gasteiger partial charge < -0.3 is 14.1 Å². The number of furan rings is 1. The number of nitrogens with zero attached hydrogens (tertiary/aromatic N) is 2. The van der Waals surface area contributed by atoms with Crippen molar-refractivity contribution in [3.05, 3.63) is 71.2 Å². The van der Waals surface area contributed by atoms with Gasteiger partial charge in [-0.1, -0.05) is 57.2 Å². The molecule has 5 rings (SSSR count). The number of aryl methyl sites for hydroxylation is 1. The number of fused-ring (bicyclic) bond motifs is 1. The van der Waals surface area contributed by atoms with Crippen LogP contribution >= 0.6 is 0 Å². The average molecular weight is 461 g/mol. The Bertz CT molecular complexity index is 1240. The molecule has 6 heteroatoms. The molecule has 0 aliphatic carbocycles. The standard InChI is InChI=1S/C28H32N2O4/c1-19-23(16-24(33-19)27(2,3)4)25(31)29-13-11-28(12-14-29)18-30(26(32)34-28)17-20-9-10-21-7-5-6-8-22(21)15-20/h5-10,15-16H,11-14,17-18H2,1-4H3. The first-order valence-corrected chi connectivity index (χ1v) is 12.0. The summed E-state index contributed by atoms with van der Waals surface area (Å²) in [6, 6.07) is 16.4. The number of benzene rings is 2. The molecule has 0 unspecified atom stereocenters. The van der Waals surface area contributed by atoms with E-state index in [1.54, 1.807) is 4.90 Å². The van der Waals surface area contributed by atoms with Crippen molar-refractivity contribution in [2.45, 2.75) is 58.1 Å². The lowest BCUT2D eigenvalue weighted by Crippen LogP contribution is -2.48. The molecule has 3 aromatic rings. The number of ether oxygens (including phenoxy) is 1. The van der Waals surface area contributed by atoms with E-state index in [1.807, 2.05) is 30.0 Å². The van der Waals surface area contributed by atoms with Gasteiger partial charge in [0.15, 0.2) is 0 Å². The second-order valence-corrected chi connectivity index (χ2v) is 10.7. The third-order valence-electron chi connectivity index (χ3n) is 7.08. The summed E-state index contributed by atoms with van der Waals surface area (Å²) in [6.45, 7) is 10.3. The van der Waals surface area contributed by atoms with Crippen molar-refractivity contribution in [1.82, 2.24) is 9.80 Å². The molecule has 6 nitrogen and oxygen atoms in total. The van der Waals surface area contributed by atoms with Crippen LogP contribution in [-0.4, -0.2) is 47.0 Å². The smallest absolute Gasteiger partial charge is 0.410 e. The Balaban J connectivity index is 1.24. The molecule has 34 heavy (non-hydrogen) atoms. The van der Waals surface area contributed by atoms with Crippen LogP contribution in [0.1, 0.15) is 61.1 Å². The minimum Gasteiger partial charge on any atom is -0.465 e. The number of carbonyl (C=O) groups excluding carboxylic acids is 2.